The lowest BCUT2D eigenvalue weighted by atomic mass is 10.2. The van der Waals surface area contributed by atoms with Crippen molar-refractivity contribution in [2.24, 2.45) is 0 Å². The first kappa shape index (κ1) is 17.5. The van der Waals surface area contributed by atoms with E-state index < -0.39 is 30.9 Å². The van der Waals surface area contributed by atoms with E-state index in [4.69, 9.17) is 10.00 Å². The summed E-state index contributed by atoms with van der Waals surface area (Å²) in [6.07, 6.45) is -3.93. The number of aromatic nitrogens is 1. The van der Waals surface area contributed by atoms with Crippen molar-refractivity contribution in [3.63, 3.8) is 0 Å². The average Bonchev–Trinajstić information content (AvgIpc) is 2.33. The monoisotopic (exact) mass is 318 g/mol. The van der Waals surface area contributed by atoms with Gasteiger partial charge in [0, 0.05) is 20.9 Å². The third-order valence-electron chi connectivity index (χ3n) is 2.76. The summed E-state index contributed by atoms with van der Waals surface area (Å²) in [6.45, 7) is 6.50. The Kier molecular flexibility index (Phi) is 5.36. The van der Waals surface area contributed by atoms with Crippen molar-refractivity contribution >= 4 is 8.07 Å². The molecule has 0 bridgehead atoms. The molecule has 0 spiro atoms. The molecule has 1 aromatic rings. The summed E-state index contributed by atoms with van der Waals surface area (Å²) in [5.74, 6) is 0. The second-order valence-electron chi connectivity index (χ2n) is 5.87. The Balaban J connectivity index is 2.92. The van der Waals surface area contributed by atoms with Gasteiger partial charge in [-0.15, -0.1) is 0 Å². The lowest BCUT2D eigenvalue weighted by Crippen LogP contribution is -2.27. The molecule has 0 aliphatic heterocycles. The van der Waals surface area contributed by atoms with Crippen molar-refractivity contribution in [1.29, 1.82) is 5.26 Å². The molecule has 8 heteroatoms. The first-order valence-electron chi connectivity index (χ1n) is 6.34. The van der Waals surface area contributed by atoms with Gasteiger partial charge < -0.3 is 4.74 Å². The predicted octanol–water partition coefficient (Wildman–Crippen LogP) is 3.05. The van der Waals surface area contributed by atoms with Crippen LogP contribution in [0.3, 0.4) is 0 Å². The fraction of sp³-hybridized carbons (Fsp3) is 0.538. The van der Waals surface area contributed by atoms with Crippen LogP contribution in [0.4, 0.5) is 13.2 Å². The van der Waals surface area contributed by atoms with Crippen molar-refractivity contribution in [3.8, 4) is 6.07 Å². The summed E-state index contributed by atoms with van der Waals surface area (Å²) in [7, 11) is -1.31. The molecule has 116 valence electrons. The van der Waals surface area contributed by atoms with Gasteiger partial charge in [0.25, 0.3) is 5.56 Å². The van der Waals surface area contributed by atoms with E-state index in [9.17, 15) is 18.0 Å². The highest BCUT2D eigenvalue weighted by Gasteiger charge is 2.32. The van der Waals surface area contributed by atoms with E-state index in [1.807, 2.05) is 0 Å². The van der Waals surface area contributed by atoms with E-state index in [0.29, 0.717) is 18.9 Å². The Hall–Kier alpha value is -1.59. The normalized spacial score (nSPS) is 12.2. The highest BCUT2D eigenvalue weighted by Crippen LogP contribution is 2.28. The fourth-order valence-electron chi connectivity index (χ4n) is 1.51. The zero-order chi connectivity index (χ0) is 16.3. The zero-order valence-corrected chi connectivity index (χ0v) is 13.1. The fourth-order valence-corrected chi connectivity index (χ4v) is 2.26. The maximum absolute atomic E-state index is 12.7. The Bertz CT molecular complexity index is 597. The summed E-state index contributed by atoms with van der Waals surface area (Å²) in [4.78, 5) is 11.8. The molecule has 0 fully saturated rings. The minimum atomic E-state index is -4.61. The van der Waals surface area contributed by atoms with Gasteiger partial charge >= 0.3 is 6.18 Å². The number of halogens is 3. The first-order valence-corrected chi connectivity index (χ1v) is 10.0. The van der Waals surface area contributed by atoms with Crippen molar-refractivity contribution < 1.29 is 17.9 Å². The van der Waals surface area contributed by atoms with E-state index in [0.717, 1.165) is 10.6 Å². The molecule has 21 heavy (non-hydrogen) atoms. The lowest BCUT2D eigenvalue weighted by Gasteiger charge is -2.16. The second-order valence-corrected chi connectivity index (χ2v) is 11.5. The zero-order valence-electron chi connectivity index (χ0n) is 12.1. The molecule has 0 amide bonds. The third kappa shape index (κ3) is 5.36. The van der Waals surface area contributed by atoms with Gasteiger partial charge in [0.2, 0.25) is 0 Å². The van der Waals surface area contributed by atoms with Gasteiger partial charge in [-0.2, -0.15) is 18.4 Å². The molecule has 0 unspecified atom stereocenters. The Morgan fingerprint density at radius 3 is 2.48 bits per heavy atom. The van der Waals surface area contributed by atoms with Crippen molar-refractivity contribution in [2.75, 3.05) is 6.61 Å². The number of alkyl halides is 3. The molecule has 0 saturated heterocycles. The predicted molar refractivity (Wildman–Crippen MR) is 74.5 cm³/mol. The van der Waals surface area contributed by atoms with Crippen LogP contribution in [0.2, 0.25) is 25.7 Å². The van der Waals surface area contributed by atoms with Crippen LogP contribution < -0.4 is 5.56 Å². The smallest absolute Gasteiger partial charge is 0.361 e. The summed E-state index contributed by atoms with van der Waals surface area (Å²) in [5.41, 5.74) is -2.36. The quantitative estimate of drug-likeness (QED) is 0.619. The largest absolute Gasteiger partial charge is 0.417 e. The number of rotatable bonds is 5. The Morgan fingerprint density at radius 2 is 2.00 bits per heavy atom. The molecule has 1 heterocycles. The third-order valence-corrected chi connectivity index (χ3v) is 4.46. The first-order chi connectivity index (χ1) is 9.54. The molecule has 0 aromatic carbocycles. The molecule has 0 aliphatic rings. The molecule has 0 atom stereocenters. The van der Waals surface area contributed by atoms with Crippen LogP contribution in [0.25, 0.3) is 0 Å². The van der Waals surface area contributed by atoms with Gasteiger partial charge in [0.1, 0.15) is 18.4 Å². The second kappa shape index (κ2) is 6.45. The maximum atomic E-state index is 12.7. The van der Waals surface area contributed by atoms with Crippen LogP contribution in [-0.4, -0.2) is 19.2 Å². The van der Waals surface area contributed by atoms with Crippen molar-refractivity contribution in [1.82, 2.24) is 4.57 Å². The van der Waals surface area contributed by atoms with Gasteiger partial charge in [-0.25, -0.2) is 0 Å². The molecule has 0 radical (unpaired) electrons. The molecule has 1 aromatic heterocycles. The number of nitriles is 1. The molecule has 0 N–H and O–H groups in total. The van der Waals surface area contributed by atoms with Gasteiger partial charge in [-0.1, -0.05) is 19.6 Å². The lowest BCUT2D eigenvalue weighted by molar-refractivity contribution is -0.138. The number of hydrogen-bond acceptors (Lipinski definition) is 3. The van der Waals surface area contributed by atoms with Crippen molar-refractivity contribution in [2.45, 2.75) is 38.6 Å². The van der Waals surface area contributed by atoms with Gasteiger partial charge in [-0.05, 0) is 12.1 Å². The molecule has 0 saturated carbocycles. The Labute approximate surface area is 121 Å². The van der Waals surface area contributed by atoms with E-state index in [1.54, 1.807) is 0 Å². The summed E-state index contributed by atoms with van der Waals surface area (Å²) in [6, 6.07) is 2.88. The van der Waals surface area contributed by atoms with Gasteiger partial charge in [-0.3, -0.25) is 9.36 Å². The molecular formula is C13H17F3N2O2Si. The number of hydrogen-bond donors (Lipinski definition) is 0. The molecular weight excluding hydrogens is 301 g/mol. The van der Waals surface area contributed by atoms with Gasteiger partial charge in [0.15, 0.2) is 0 Å². The van der Waals surface area contributed by atoms with Gasteiger partial charge in [0.05, 0.1) is 5.56 Å². The van der Waals surface area contributed by atoms with Crippen LogP contribution in [0.1, 0.15) is 11.1 Å². The van der Waals surface area contributed by atoms with Crippen LogP contribution in [0.5, 0.6) is 0 Å². The SMILES string of the molecule is C[Si](C)(C)CCOCn1cc(C(F)(F)F)cc(C#N)c1=O. The minimum absolute atomic E-state index is 0.290. The maximum Gasteiger partial charge on any atom is 0.417 e. The van der Waals surface area contributed by atoms with Crippen LogP contribution >= 0.6 is 0 Å². The Morgan fingerprint density at radius 1 is 1.38 bits per heavy atom. The van der Waals surface area contributed by atoms with E-state index in [-0.39, 0.29) is 6.73 Å². The summed E-state index contributed by atoms with van der Waals surface area (Å²) < 4.78 is 44.1. The van der Waals surface area contributed by atoms with Crippen LogP contribution in [0.15, 0.2) is 17.1 Å². The summed E-state index contributed by atoms with van der Waals surface area (Å²) in [5, 5.41) is 8.75. The molecule has 1 rings (SSSR count). The van der Waals surface area contributed by atoms with E-state index in [2.05, 4.69) is 19.6 Å². The number of ether oxygens (including phenoxy) is 1. The topological polar surface area (TPSA) is 55.0 Å². The van der Waals surface area contributed by atoms with Crippen molar-refractivity contribution in [3.05, 3.63) is 33.7 Å². The highest BCUT2D eigenvalue weighted by atomic mass is 28.3. The van der Waals surface area contributed by atoms with E-state index >= 15 is 0 Å². The van der Waals surface area contributed by atoms with E-state index in [1.165, 1.54) is 6.07 Å². The number of nitrogens with zero attached hydrogens (tertiary/aromatic N) is 2. The average molecular weight is 318 g/mol. The number of pyridine rings is 1. The highest BCUT2D eigenvalue weighted by molar-refractivity contribution is 6.76. The standard InChI is InChI=1S/C13H17F3N2O2Si/c1-21(2,3)5-4-20-9-18-8-11(13(14,15)16)6-10(7-17)12(18)19/h6,8H,4-5,9H2,1-3H3. The minimum Gasteiger partial charge on any atom is -0.361 e. The summed E-state index contributed by atoms with van der Waals surface area (Å²) >= 11 is 0. The van der Waals surface area contributed by atoms with Crippen LogP contribution in [0, 0.1) is 11.3 Å². The molecule has 4 nitrogen and oxygen atoms in total. The molecule has 0 aliphatic carbocycles. The van der Waals surface area contributed by atoms with Crippen LogP contribution in [-0.2, 0) is 17.6 Å².